The van der Waals surface area contributed by atoms with E-state index in [1.807, 2.05) is 48.5 Å². The van der Waals surface area contributed by atoms with Crippen molar-refractivity contribution in [3.63, 3.8) is 0 Å². The zero-order valence-electron chi connectivity index (χ0n) is 10.7. The van der Waals surface area contributed by atoms with Gasteiger partial charge in [-0.25, -0.2) is 0 Å². The van der Waals surface area contributed by atoms with Gasteiger partial charge < -0.3 is 0 Å². The third-order valence-corrected chi connectivity index (χ3v) is 5.93. The fourth-order valence-corrected chi connectivity index (χ4v) is 4.93. The average molecular weight is 405 g/mol. The fraction of sp³-hybridized carbons (Fsp3) is 0. The number of benzene rings is 3. The third kappa shape index (κ3) is 1.77. The predicted molar refractivity (Wildman–Crippen MR) is 96.2 cm³/mol. The Labute approximate surface area is 137 Å². The summed E-state index contributed by atoms with van der Waals surface area (Å²) in [5.74, 6) is 0. The Morgan fingerprint density at radius 3 is 2.29 bits per heavy atom. The molecule has 0 radical (unpaired) electrons. The van der Waals surface area contributed by atoms with E-state index in [0.29, 0.717) is 3.57 Å². The van der Waals surface area contributed by atoms with Gasteiger partial charge in [0.2, 0.25) is 0 Å². The highest BCUT2D eigenvalue weighted by atomic mass is 127. The smallest absolute Gasteiger partial charge is 0.258 e. The molecule has 0 amide bonds. The van der Waals surface area contributed by atoms with Crippen molar-refractivity contribution >= 4 is 70.6 Å². The summed E-state index contributed by atoms with van der Waals surface area (Å²) >= 11 is 3.72. The van der Waals surface area contributed by atoms with Crippen molar-refractivity contribution in [1.82, 2.24) is 0 Å². The number of nitro benzene ring substituents is 1. The second-order valence-electron chi connectivity index (χ2n) is 4.77. The van der Waals surface area contributed by atoms with E-state index in [-0.39, 0.29) is 10.6 Å². The van der Waals surface area contributed by atoms with Crippen LogP contribution in [0.1, 0.15) is 0 Å². The van der Waals surface area contributed by atoms with Gasteiger partial charge in [-0.3, -0.25) is 10.1 Å². The van der Waals surface area contributed by atoms with Gasteiger partial charge >= 0.3 is 0 Å². The molecule has 0 aliphatic carbocycles. The van der Waals surface area contributed by atoms with Crippen LogP contribution in [-0.2, 0) is 0 Å². The average Bonchev–Trinajstić information content (AvgIpc) is 2.87. The largest absolute Gasteiger partial charge is 0.292 e. The number of thiophene rings is 1. The zero-order chi connectivity index (χ0) is 14.6. The van der Waals surface area contributed by atoms with Gasteiger partial charge in [-0.05, 0) is 28.7 Å². The van der Waals surface area contributed by atoms with E-state index in [1.54, 1.807) is 11.3 Å². The molecule has 0 aliphatic heterocycles. The minimum Gasteiger partial charge on any atom is -0.258 e. The molecule has 0 saturated heterocycles. The Balaban J connectivity index is 2.41. The van der Waals surface area contributed by atoms with Crippen LogP contribution in [0.25, 0.3) is 30.9 Å². The molecule has 3 nitrogen and oxygen atoms in total. The first-order chi connectivity index (χ1) is 10.2. The Bertz CT molecular complexity index is 1040. The van der Waals surface area contributed by atoms with Crippen molar-refractivity contribution in [2.24, 2.45) is 0 Å². The molecular weight excluding hydrogens is 397 g/mol. The Morgan fingerprint density at radius 2 is 1.57 bits per heavy atom. The van der Waals surface area contributed by atoms with Gasteiger partial charge in [-0.1, -0.05) is 42.5 Å². The minimum absolute atomic E-state index is 0.224. The summed E-state index contributed by atoms with van der Waals surface area (Å²) in [6.07, 6.45) is 0. The molecular formula is C16H8INO2S. The quantitative estimate of drug-likeness (QED) is 0.231. The molecule has 1 heterocycles. The summed E-state index contributed by atoms with van der Waals surface area (Å²) in [5, 5.41) is 15.4. The van der Waals surface area contributed by atoms with Crippen LogP contribution in [0.2, 0.25) is 0 Å². The van der Waals surface area contributed by atoms with Gasteiger partial charge in [0.1, 0.15) is 0 Å². The summed E-state index contributed by atoms with van der Waals surface area (Å²) in [5.41, 5.74) is 0.224. The van der Waals surface area contributed by atoms with Crippen LogP contribution in [0.4, 0.5) is 5.69 Å². The van der Waals surface area contributed by atoms with E-state index < -0.39 is 0 Å². The summed E-state index contributed by atoms with van der Waals surface area (Å²) in [6.45, 7) is 0. The monoisotopic (exact) mass is 405 g/mol. The van der Waals surface area contributed by atoms with E-state index in [1.165, 1.54) is 0 Å². The lowest BCUT2D eigenvalue weighted by molar-refractivity contribution is -0.383. The van der Waals surface area contributed by atoms with Crippen LogP contribution in [-0.4, -0.2) is 4.92 Å². The van der Waals surface area contributed by atoms with Crippen LogP contribution in [0.3, 0.4) is 0 Å². The Hall–Kier alpha value is -1.73. The van der Waals surface area contributed by atoms with Crippen LogP contribution in [0.15, 0.2) is 48.5 Å². The molecule has 0 unspecified atom stereocenters. The van der Waals surface area contributed by atoms with Gasteiger partial charge in [-0.15, -0.1) is 11.3 Å². The summed E-state index contributed by atoms with van der Waals surface area (Å²) < 4.78 is 2.80. The first kappa shape index (κ1) is 13.0. The number of hydrogen-bond acceptors (Lipinski definition) is 3. The van der Waals surface area contributed by atoms with E-state index in [4.69, 9.17) is 0 Å². The number of halogens is 1. The molecule has 102 valence electrons. The zero-order valence-corrected chi connectivity index (χ0v) is 13.6. The van der Waals surface area contributed by atoms with Crippen molar-refractivity contribution < 1.29 is 4.92 Å². The highest BCUT2D eigenvalue weighted by Gasteiger charge is 2.24. The molecule has 0 aliphatic rings. The molecule has 4 aromatic rings. The van der Waals surface area contributed by atoms with E-state index in [2.05, 4.69) is 22.6 Å². The number of hydrogen-bond donors (Lipinski definition) is 0. The van der Waals surface area contributed by atoms with Crippen LogP contribution >= 0.6 is 33.9 Å². The second kappa shape index (κ2) is 4.64. The van der Waals surface area contributed by atoms with Gasteiger partial charge in [0.15, 0.2) is 0 Å². The molecule has 5 heteroatoms. The maximum Gasteiger partial charge on any atom is 0.292 e. The Kier molecular flexibility index (Phi) is 2.87. The lowest BCUT2D eigenvalue weighted by Gasteiger charge is -2.05. The SMILES string of the molecule is O=[N+]([O-])c1c(I)c2ccccc2c2sc3ccccc3c12. The summed E-state index contributed by atoms with van der Waals surface area (Å²) in [6, 6.07) is 15.8. The fourth-order valence-electron chi connectivity index (χ4n) is 2.75. The molecule has 0 N–H and O–H groups in total. The summed E-state index contributed by atoms with van der Waals surface area (Å²) in [7, 11) is 0. The lowest BCUT2D eigenvalue weighted by Crippen LogP contribution is -1.93. The maximum atomic E-state index is 11.6. The van der Waals surface area contributed by atoms with Crippen LogP contribution < -0.4 is 0 Å². The van der Waals surface area contributed by atoms with Crippen molar-refractivity contribution in [1.29, 1.82) is 0 Å². The van der Waals surface area contributed by atoms with Gasteiger partial charge in [0.05, 0.1) is 18.6 Å². The number of nitrogens with zero attached hydrogens (tertiary/aromatic N) is 1. The second-order valence-corrected chi connectivity index (χ2v) is 6.90. The van der Waals surface area contributed by atoms with E-state index in [0.717, 1.165) is 30.9 Å². The predicted octanol–water partition coefficient (Wildman–Crippen LogP) is 5.72. The van der Waals surface area contributed by atoms with Crippen molar-refractivity contribution in [3.05, 3.63) is 62.2 Å². The topological polar surface area (TPSA) is 43.1 Å². The molecule has 0 atom stereocenters. The molecule has 21 heavy (non-hydrogen) atoms. The lowest BCUT2D eigenvalue weighted by atomic mass is 10.0. The molecule has 0 bridgehead atoms. The molecule has 0 spiro atoms. The van der Waals surface area contributed by atoms with Crippen molar-refractivity contribution in [2.45, 2.75) is 0 Å². The molecule has 3 aromatic carbocycles. The van der Waals surface area contributed by atoms with Gasteiger partial charge in [0.25, 0.3) is 5.69 Å². The third-order valence-electron chi connectivity index (χ3n) is 3.63. The highest BCUT2D eigenvalue weighted by molar-refractivity contribution is 14.1. The normalized spacial score (nSPS) is 11.5. The molecule has 0 fully saturated rings. The number of fused-ring (bicyclic) bond motifs is 5. The van der Waals surface area contributed by atoms with E-state index in [9.17, 15) is 10.1 Å². The first-order valence-corrected chi connectivity index (χ1v) is 8.24. The molecule has 1 aromatic heterocycles. The van der Waals surface area contributed by atoms with Crippen LogP contribution in [0.5, 0.6) is 0 Å². The van der Waals surface area contributed by atoms with Gasteiger partial charge in [0, 0.05) is 20.9 Å². The molecule has 4 rings (SSSR count). The number of rotatable bonds is 1. The maximum absolute atomic E-state index is 11.6. The van der Waals surface area contributed by atoms with Crippen molar-refractivity contribution in [3.8, 4) is 0 Å². The number of nitro groups is 1. The highest BCUT2D eigenvalue weighted by Crippen LogP contribution is 2.46. The van der Waals surface area contributed by atoms with E-state index >= 15 is 0 Å². The van der Waals surface area contributed by atoms with Crippen LogP contribution in [0, 0.1) is 13.7 Å². The standard InChI is InChI=1S/C16H8INO2S/c17-14-9-5-1-2-6-10(9)16-13(15(14)18(19)20)11-7-3-4-8-12(11)21-16/h1-8H. The van der Waals surface area contributed by atoms with Crippen molar-refractivity contribution in [2.75, 3.05) is 0 Å². The summed E-state index contributed by atoms with van der Waals surface area (Å²) in [4.78, 5) is 11.4. The Morgan fingerprint density at radius 1 is 0.952 bits per heavy atom. The molecule has 0 saturated carbocycles. The first-order valence-electron chi connectivity index (χ1n) is 6.34. The van der Waals surface area contributed by atoms with Gasteiger partial charge in [-0.2, -0.15) is 0 Å². The minimum atomic E-state index is -0.254.